The van der Waals surface area contributed by atoms with Crippen molar-refractivity contribution in [2.75, 3.05) is 13.1 Å². The fourth-order valence-corrected chi connectivity index (χ4v) is 1.41. The molecule has 1 fully saturated rings. The molecule has 0 aliphatic carbocycles. The molecule has 0 saturated carbocycles. The summed E-state index contributed by atoms with van der Waals surface area (Å²) >= 11 is 5.72. The lowest BCUT2D eigenvalue weighted by Crippen LogP contribution is -2.39. The molecule has 0 aromatic rings. The molecular formula is C6H13ClN2O. The van der Waals surface area contributed by atoms with Crippen LogP contribution in [0.25, 0.3) is 0 Å². The summed E-state index contributed by atoms with van der Waals surface area (Å²) in [6, 6.07) is -0.181. The number of rotatable bonds is 0. The first-order chi connectivity index (χ1) is 4.70. The highest BCUT2D eigenvalue weighted by atomic mass is 35.5. The summed E-state index contributed by atoms with van der Waals surface area (Å²) in [6.07, 6.45) is 1.33. The summed E-state index contributed by atoms with van der Waals surface area (Å²) in [4.78, 5) is 0. The Bertz CT molecular complexity index is 112. The number of aliphatic hydroxyl groups excluding tert-OH is 1. The van der Waals surface area contributed by atoms with E-state index in [0.717, 1.165) is 19.4 Å². The zero-order valence-corrected chi connectivity index (χ0v) is 6.59. The van der Waals surface area contributed by atoms with Gasteiger partial charge < -0.3 is 10.8 Å². The molecule has 3 N–H and O–H groups in total. The number of hydrogen-bond donors (Lipinski definition) is 2. The Morgan fingerprint density at radius 3 is 3.00 bits per heavy atom. The largest absolute Gasteiger partial charge is 0.391 e. The van der Waals surface area contributed by atoms with Crippen molar-refractivity contribution < 1.29 is 5.11 Å². The first kappa shape index (κ1) is 8.27. The van der Waals surface area contributed by atoms with Gasteiger partial charge in [-0.3, -0.25) is 0 Å². The van der Waals surface area contributed by atoms with Gasteiger partial charge in [0.1, 0.15) is 0 Å². The average molecular weight is 165 g/mol. The maximum Gasteiger partial charge on any atom is 0.0704 e. The van der Waals surface area contributed by atoms with Gasteiger partial charge in [-0.1, -0.05) is 0 Å². The first-order valence-corrected chi connectivity index (χ1v) is 3.88. The van der Waals surface area contributed by atoms with Crippen molar-refractivity contribution in [2.24, 2.45) is 5.73 Å². The number of aliphatic hydroxyl groups is 1. The molecule has 0 aromatic carbocycles. The summed E-state index contributed by atoms with van der Waals surface area (Å²) in [5.41, 5.74) is 5.59. The molecule has 2 atom stereocenters. The summed E-state index contributed by atoms with van der Waals surface area (Å²) in [5.74, 6) is 0. The van der Waals surface area contributed by atoms with Gasteiger partial charge in [-0.05, 0) is 24.6 Å². The van der Waals surface area contributed by atoms with Gasteiger partial charge in [-0.2, -0.15) is 0 Å². The smallest absolute Gasteiger partial charge is 0.0704 e. The fraction of sp³-hybridized carbons (Fsp3) is 1.00. The second kappa shape index (κ2) is 3.53. The Labute approximate surface area is 65.9 Å². The highest BCUT2D eigenvalue weighted by Crippen LogP contribution is 2.11. The monoisotopic (exact) mass is 164 g/mol. The summed E-state index contributed by atoms with van der Waals surface area (Å²) in [7, 11) is 0. The van der Waals surface area contributed by atoms with Crippen molar-refractivity contribution in [1.29, 1.82) is 0 Å². The molecule has 4 heteroatoms. The quantitative estimate of drug-likeness (QED) is 0.493. The lowest BCUT2D eigenvalue weighted by molar-refractivity contribution is 0.139. The van der Waals surface area contributed by atoms with E-state index in [1.54, 1.807) is 4.42 Å². The predicted octanol–water partition coefficient (Wildman–Crippen LogP) is -0.0758. The van der Waals surface area contributed by atoms with Crippen LogP contribution in [0.3, 0.4) is 0 Å². The van der Waals surface area contributed by atoms with E-state index >= 15 is 0 Å². The van der Waals surface area contributed by atoms with Crippen LogP contribution in [-0.2, 0) is 0 Å². The number of halogens is 1. The molecule has 0 aromatic heterocycles. The SMILES string of the molecule is NC1CN(Cl)CCCC1O. The number of hydrogen-bond acceptors (Lipinski definition) is 3. The van der Waals surface area contributed by atoms with E-state index in [2.05, 4.69) is 0 Å². The molecule has 0 amide bonds. The zero-order chi connectivity index (χ0) is 7.56. The van der Waals surface area contributed by atoms with E-state index in [9.17, 15) is 5.11 Å². The Kier molecular flexibility index (Phi) is 2.92. The summed E-state index contributed by atoms with van der Waals surface area (Å²) < 4.78 is 1.64. The van der Waals surface area contributed by atoms with E-state index in [1.165, 1.54) is 0 Å². The van der Waals surface area contributed by atoms with Crippen LogP contribution in [0, 0.1) is 0 Å². The van der Waals surface area contributed by atoms with Crippen molar-refractivity contribution in [1.82, 2.24) is 4.42 Å². The zero-order valence-electron chi connectivity index (χ0n) is 5.83. The van der Waals surface area contributed by atoms with E-state index in [4.69, 9.17) is 17.5 Å². The number of nitrogens with two attached hydrogens (primary N) is 1. The molecule has 1 rings (SSSR count). The normalized spacial score (nSPS) is 37.5. The van der Waals surface area contributed by atoms with E-state index in [-0.39, 0.29) is 12.1 Å². The third-order valence-electron chi connectivity index (χ3n) is 1.80. The highest BCUT2D eigenvalue weighted by molar-refractivity contribution is 6.13. The van der Waals surface area contributed by atoms with E-state index < -0.39 is 0 Å². The van der Waals surface area contributed by atoms with Crippen molar-refractivity contribution in [3.63, 3.8) is 0 Å². The van der Waals surface area contributed by atoms with Gasteiger partial charge in [0.2, 0.25) is 0 Å². The molecule has 1 heterocycles. The van der Waals surface area contributed by atoms with Crippen LogP contribution in [0.15, 0.2) is 0 Å². The molecule has 1 aliphatic heterocycles. The molecule has 10 heavy (non-hydrogen) atoms. The topological polar surface area (TPSA) is 49.5 Å². The Hall–Kier alpha value is 0.170. The molecule has 1 aliphatic rings. The molecule has 1 saturated heterocycles. The van der Waals surface area contributed by atoms with Crippen LogP contribution in [0.4, 0.5) is 0 Å². The van der Waals surface area contributed by atoms with Crippen molar-refractivity contribution in [3.8, 4) is 0 Å². The van der Waals surface area contributed by atoms with Crippen molar-refractivity contribution in [3.05, 3.63) is 0 Å². The van der Waals surface area contributed by atoms with Gasteiger partial charge in [0.15, 0.2) is 0 Å². The van der Waals surface area contributed by atoms with Crippen molar-refractivity contribution >= 4 is 11.8 Å². The Morgan fingerprint density at radius 2 is 2.30 bits per heavy atom. The van der Waals surface area contributed by atoms with E-state index in [0.29, 0.717) is 6.54 Å². The second-order valence-corrected chi connectivity index (χ2v) is 3.22. The maximum absolute atomic E-state index is 9.27. The van der Waals surface area contributed by atoms with Gasteiger partial charge in [-0.15, -0.1) is 0 Å². The molecule has 60 valence electrons. The lowest BCUT2D eigenvalue weighted by Gasteiger charge is -2.16. The number of nitrogens with zero attached hydrogens (tertiary/aromatic N) is 1. The Balaban J connectivity index is 2.41. The van der Waals surface area contributed by atoms with Crippen LogP contribution in [0.2, 0.25) is 0 Å². The summed E-state index contributed by atoms with van der Waals surface area (Å²) in [5, 5.41) is 9.27. The van der Waals surface area contributed by atoms with Crippen LogP contribution in [0.5, 0.6) is 0 Å². The van der Waals surface area contributed by atoms with Gasteiger partial charge in [0.25, 0.3) is 0 Å². The van der Waals surface area contributed by atoms with Crippen molar-refractivity contribution in [2.45, 2.75) is 25.0 Å². The lowest BCUT2D eigenvalue weighted by atomic mass is 10.1. The first-order valence-electron chi connectivity index (χ1n) is 3.54. The van der Waals surface area contributed by atoms with Crippen LogP contribution in [-0.4, -0.2) is 34.8 Å². The molecule has 0 radical (unpaired) electrons. The third-order valence-corrected chi connectivity index (χ3v) is 2.11. The third kappa shape index (κ3) is 2.09. The highest BCUT2D eigenvalue weighted by Gasteiger charge is 2.20. The molecule has 0 spiro atoms. The van der Waals surface area contributed by atoms with E-state index in [1.807, 2.05) is 0 Å². The minimum atomic E-state index is -0.372. The Morgan fingerprint density at radius 1 is 1.60 bits per heavy atom. The van der Waals surface area contributed by atoms with Gasteiger partial charge >= 0.3 is 0 Å². The average Bonchev–Trinajstić information content (AvgIpc) is 1.96. The van der Waals surface area contributed by atoms with Crippen LogP contribution >= 0.6 is 11.8 Å². The maximum atomic E-state index is 9.27. The van der Waals surface area contributed by atoms with Gasteiger partial charge in [0.05, 0.1) is 6.10 Å². The molecular weight excluding hydrogens is 152 g/mol. The molecule has 0 bridgehead atoms. The molecule has 3 nitrogen and oxygen atoms in total. The van der Waals surface area contributed by atoms with Crippen LogP contribution < -0.4 is 5.73 Å². The minimum Gasteiger partial charge on any atom is -0.391 e. The fourth-order valence-electron chi connectivity index (χ4n) is 1.13. The van der Waals surface area contributed by atoms with Crippen LogP contribution in [0.1, 0.15) is 12.8 Å². The minimum absolute atomic E-state index is 0.181. The predicted molar refractivity (Wildman–Crippen MR) is 40.6 cm³/mol. The van der Waals surface area contributed by atoms with Gasteiger partial charge in [0, 0.05) is 19.1 Å². The van der Waals surface area contributed by atoms with Gasteiger partial charge in [-0.25, -0.2) is 4.42 Å². The standard InChI is InChI=1S/C6H13ClN2O/c7-9-3-1-2-6(10)5(8)4-9/h5-6,10H,1-4,8H2. The molecule has 2 unspecified atom stereocenters. The summed E-state index contributed by atoms with van der Waals surface area (Å²) in [6.45, 7) is 1.41. The second-order valence-electron chi connectivity index (χ2n) is 2.74.